The molecule has 4 aromatic rings. The normalized spacial score (nSPS) is 17.2. The third kappa shape index (κ3) is 4.25. The van der Waals surface area contributed by atoms with E-state index in [-0.39, 0.29) is 11.6 Å². The molecule has 0 unspecified atom stereocenters. The van der Waals surface area contributed by atoms with Gasteiger partial charge in [0.1, 0.15) is 22.9 Å². The molecule has 1 saturated carbocycles. The van der Waals surface area contributed by atoms with Crippen molar-refractivity contribution in [3.63, 3.8) is 0 Å². The zero-order chi connectivity index (χ0) is 25.7. The number of hydrogen-bond donors (Lipinski definition) is 2. The number of nitrogens with zero attached hydrogens (tertiary/aromatic N) is 4. The number of benzene rings is 1. The monoisotopic (exact) mass is 506 g/mol. The first-order valence-electron chi connectivity index (χ1n) is 12.5. The maximum Gasteiger partial charge on any atom is 0.254 e. The van der Waals surface area contributed by atoms with E-state index in [1.807, 2.05) is 0 Å². The van der Waals surface area contributed by atoms with Crippen LogP contribution in [0.4, 0.5) is 8.78 Å². The minimum Gasteiger partial charge on any atom is -0.496 e. The van der Waals surface area contributed by atoms with Crippen molar-refractivity contribution >= 4 is 11.6 Å². The lowest BCUT2D eigenvalue weighted by atomic mass is 9.87. The number of nitrogens with one attached hydrogen (secondary N) is 2. The average molecular weight is 507 g/mol. The number of carbonyl (C=O) groups is 1. The molecule has 37 heavy (non-hydrogen) atoms. The number of hydrogen-bond acceptors (Lipinski definition) is 5. The molecule has 6 rings (SSSR count). The molecule has 2 N–H and O–H groups in total. The summed E-state index contributed by atoms with van der Waals surface area (Å²) in [6, 6.07) is 5.13. The Morgan fingerprint density at radius 1 is 1.16 bits per heavy atom. The highest BCUT2D eigenvalue weighted by Gasteiger charge is 2.37. The van der Waals surface area contributed by atoms with Crippen LogP contribution in [-0.4, -0.2) is 51.3 Å². The van der Waals surface area contributed by atoms with Gasteiger partial charge in [-0.15, -0.1) is 0 Å². The molecule has 0 spiro atoms. The van der Waals surface area contributed by atoms with E-state index in [4.69, 9.17) is 4.74 Å². The largest absolute Gasteiger partial charge is 0.496 e. The molecule has 1 aromatic carbocycles. The van der Waals surface area contributed by atoms with Crippen LogP contribution in [0.5, 0.6) is 5.75 Å². The number of ether oxygens (including phenoxy) is 1. The van der Waals surface area contributed by atoms with Crippen LogP contribution in [0.25, 0.3) is 22.6 Å². The molecular weight excluding hydrogens is 478 g/mol. The van der Waals surface area contributed by atoms with Gasteiger partial charge >= 0.3 is 0 Å². The van der Waals surface area contributed by atoms with Gasteiger partial charge in [-0.3, -0.25) is 9.20 Å². The fourth-order valence-corrected chi connectivity index (χ4v) is 4.95. The first kappa shape index (κ1) is 23.6. The van der Waals surface area contributed by atoms with Crippen LogP contribution in [0, 0.1) is 12.7 Å². The third-order valence-electron chi connectivity index (χ3n) is 7.25. The van der Waals surface area contributed by atoms with Gasteiger partial charge < -0.3 is 15.4 Å². The fraction of sp³-hybridized carbons (Fsp3) is 0.370. The van der Waals surface area contributed by atoms with Gasteiger partial charge in [0.05, 0.1) is 25.1 Å². The van der Waals surface area contributed by atoms with Crippen LogP contribution < -0.4 is 15.4 Å². The summed E-state index contributed by atoms with van der Waals surface area (Å²) in [4.78, 5) is 17.1. The second kappa shape index (κ2) is 8.95. The molecule has 0 atom stereocenters. The van der Waals surface area contributed by atoms with E-state index in [0.717, 1.165) is 12.8 Å². The van der Waals surface area contributed by atoms with Gasteiger partial charge in [-0.05, 0) is 69.0 Å². The van der Waals surface area contributed by atoms with Crippen LogP contribution in [-0.2, 0) is 5.67 Å². The molecule has 0 bridgehead atoms. The van der Waals surface area contributed by atoms with Crippen molar-refractivity contribution < 1.29 is 18.3 Å². The zero-order valence-corrected chi connectivity index (χ0v) is 20.7. The highest BCUT2D eigenvalue weighted by molar-refractivity contribution is 5.96. The lowest BCUT2D eigenvalue weighted by Gasteiger charge is -2.31. The maximum atomic E-state index is 16.0. The molecule has 1 saturated heterocycles. The summed E-state index contributed by atoms with van der Waals surface area (Å²) < 4.78 is 39.7. The number of aromatic nitrogens is 4. The Bertz CT molecular complexity index is 1500. The van der Waals surface area contributed by atoms with E-state index in [1.54, 1.807) is 59.0 Å². The fourth-order valence-electron chi connectivity index (χ4n) is 4.95. The number of amides is 1. The Hall–Kier alpha value is -3.79. The number of aryl methyl sites for hydroxylation is 1. The summed E-state index contributed by atoms with van der Waals surface area (Å²) in [6.07, 6.45) is 9.40. The Labute approximate surface area is 212 Å². The van der Waals surface area contributed by atoms with Gasteiger partial charge in [-0.1, -0.05) is 0 Å². The number of carbonyl (C=O) groups excluding carboxylic acids is 1. The number of alkyl halides is 1. The quantitative estimate of drug-likeness (QED) is 0.412. The van der Waals surface area contributed by atoms with E-state index >= 15 is 4.39 Å². The highest BCUT2D eigenvalue weighted by atomic mass is 19.1. The summed E-state index contributed by atoms with van der Waals surface area (Å²) in [7, 11) is 1.53. The molecule has 4 heterocycles. The lowest BCUT2D eigenvalue weighted by Crippen LogP contribution is -2.37. The SMILES string of the molecule is COc1cc2ncc(-n3cc(-c4cc(C)c(F)c(C(=O)NC5CC5)c4)cn3)n2cc1C1(F)CCNCC1. The van der Waals surface area contributed by atoms with Crippen LogP contribution in [0.1, 0.15) is 47.2 Å². The van der Waals surface area contributed by atoms with Gasteiger partial charge in [0, 0.05) is 35.6 Å². The standard InChI is InChI=1S/C27H28F2N6O2/c1-16-9-17(10-20(25(16)28)26(36)33-19-3-4-19)18-12-32-35(14-18)24-13-31-23-11-22(37-2)21(15-34(23)24)27(29)5-7-30-8-6-27/h9-15,19,30H,3-8H2,1-2H3,(H,33,36). The molecule has 2 aliphatic rings. The van der Waals surface area contributed by atoms with Crippen molar-refractivity contribution in [2.75, 3.05) is 20.2 Å². The molecule has 0 radical (unpaired) electrons. The summed E-state index contributed by atoms with van der Waals surface area (Å²) in [6.45, 7) is 2.83. The highest BCUT2D eigenvalue weighted by Crippen LogP contribution is 2.41. The van der Waals surface area contributed by atoms with E-state index < -0.39 is 17.4 Å². The zero-order valence-electron chi connectivity index (χ0n) is 20.7. The predicted molar refractivity (Wildman–Crippen MR) is 134 cm³/mol. The number of imidazole rings is 1. The van der Waals surface area contributed by atoms with E-state index in [2.05, 4.69) is 20.7 Å². The minimum atomic E-state index is -1.51. The number of fused-ring (bicyclic) bond motifs is 1. The minimum absolute atomic E-state index is 0.0244. The first-order valence-corrected chi connectivity index (χ1v) is 12.5. The van der Waals surface area contributed by atoms with Crippen LogP contribution in [0.2, 0.25) is 0 Å². The smallest absolute Gasteiger partial charge is 0.254 e. The topological polar surface area (TPSA) is 85.5 Å². The molecule has 3 aromatic heterocycles. The lowest BCUT2D eigenvalue weighted by molar-refractivity contribution is 0.0946. The number of halogens is 2. The average Bonchev–Trinajstić information content (AvgIpc) is 3.40. The van der Waals surface area contributed by atoms with Crippen molar-refractivity contribution in [2.45, 2.75) is 44.3 Å². The number of rotatable bonds is 6. The van der Waals surface area contributed by atoms with Crippen LogP contribution in [0.15, 0.2) is 43.0 Å². The summed E-state index contributed by atoms with van der Waals surface area (Å²) in [5.41, 5.74) is 1.37. The number of pyridine rings is 1. The first-order chi connectivity index (χ1) is 17.9. The Morgan fingerprint density at radius 3 is 2.68 bits per heavy atom. The van der Waals surface area contributed by atoms with Crippen molar-refractivity contribution in [2.24, 2.45) is 0 Å². The molecule has 8 nitrogen and oxygen atoms in total. The molecule has 192 valence electrons. The summed E-state index contributed by atoms with van der Waals surface area (Å²) in [5.74, 6) is 0.163. The summed E-state index contributed by atoms with van der Waals surface area (Å²) >= 11 is 0. The van der Waals surface area contributed by atoms with Crippen LogP contribution in [0.3, 0.4) is 0 Å². The summed E-state index contributed by atoms with van der Waals surface area (Å²) in [5, 5.41) is 10.6. The third-order valence-corrected chi connectivity index (χ3v) is 7.25. The molecule has 1 amide bonds. The van der Waals surface area contributed by atoms with Gasteiger partial charge in [-0.25, -0.2) is 18.4 Å². The van der Waals surface area contributed by atoms with Gasteiger partial charge in [-0.2, -0.15) is 5.10 Å². The maximum absolute atomic E-state index is 16.0. The van der Waals surface area contributed by atoms with E-state index in [0.29, 0.717) is 65.4 Å². The van der Waals surface area contributed by atoms with Crippen molar-refractivity contribution in [3.8, 4) is 22.7 Å². The molecule has 2 fully saturated rings. The Morgan fingerprint density at radius 2 is 1.95 bits per heavy atom. The van der Waals surface area contributed by atoms with Gasteiger partial charge in [0.25, 0.3) is 5.91 Å². The molecule has 1 aliphatic carbocycles. The van der Waals surface area contributed by atoms with Crippen molar-refractivity contribution in [3.05, 3.63) is 65.5 Å². The predicted octanol–water partition coefficient (Wildman–Crippen LogP) is 4.08. The van der Waals surface area contributed by atoms with Crippen molar-refractivity contribution in [1.29, 1.82) is 0 Å². The van der Waals surface area contributed by atoms with E-state index in [1.165, 1.54) is 7.11 Å². The van der Waals surface area contributed by atoms with E-state index in [9.17, 15) is 9.18 Å². The van der Waals surface area contributed by atoms with Gasteiger partial charge in [0.15, 0.2) is 5.82 Å². The second-order valence-corrected chi connectivity index (χ2v) is 9.89. The number of methoxy groups -OCH3 is 1. The van der Waals surface area contributed by atoms with Gasteiger partial charge in [0.2, 0.25) is 0 Å². The second-order valence-electron chi connectivity index (χ2n) is 9.89. The molecular formula is C27H28F2N6O2. The number of piperidine rings is 1. The Balaban J connectivity index is 1.38. The van der Waals surface area contributed by atoms with Crippen molar-refractivity contribution in [1.82, 2.24) is 29.8 Å². The van der Waals surface area contributed by atoms with Crippen LogP contribution >= 0.6 is 0 Å². The Kier molecular flexibility index (Phi) is 5.71. The molecule has 1 aliphatic heterocycles. The molecule has 10 heteroatoms.